The van der Waals surface area contributed by atoms with Crippen molar-refractivity contribution in [3.8, 4) is 0 Å². The third kappa shape index (κ3) is 4.94. The van der Waals surface area contributed by atoms with Gasteiger partial charge in [0.2, 0.25) is 0 Å². The highest BCUT2D eigenvalue weighted by molar-refractivity contribution is 5.75. The van der Waals surface area contributed by atoms with Crippen LogP contribution in [0.25, 0.3) is 0 Å². The van der Waals surface area contributed by atoms with Gasteiger partial charge in [-0.15, -0.1) is 0 Å². The van der Waals surface area contributed by atoms with E-state index in [1.165, 1.54) is 12.8 Å². The minimum atomic E-state index is -0.190. The van der Waals surface area contributed by atoms with E-state index in [1.54, 1.807) is 0 Å². The number of hydrogen-bond acceptors (Lipinski definition) is 4. The quantitative estimate of drug-likeness (QED) is 0.464. The van der Waals surface area contributed by atoms with Gasteiger partial charge in [-0.3, -0.25) is 9.69 Å². The summed E-state index contributed by atoms with van der Waals surface area (Å²) >= 11 is 0. The molecule has 1 fully saturated rings. The predicted molar refractivity (Wildman–Crippen MR) is 62.3 cm³/mol. The second-order valence-corrected chi connectivity index (χ2v) is 4.43. The number of nitrogens with zero attached hydrogens (tertiary/aromatic N) is 1. The summed E-state index contributed by atoms with van der Waals surface area (Å²) in [5.41, 5.74) is 0. The molecule has 1 atom stereocenters. The molecule has 0 aromatic carbocycles. The predicted octanol–water partition coefficient (Wildman–Crippen LogP) is 1.30. The van der Waals surface area contributed by atoms with E-state index in [9.17, 15) is 4.79 Å². The SMILES string of the molecule is CCOC(=O)C(C)N(C)CCOCC1CC1. The Morgan fingerprint density at radius 2 is 2.19 bits per heavy atom. The molecule has 1 unspecified atom stereocenters. The fraction of sp³-hybridized carbons (Fsp3) is 0.917. The lowest BCUT2D eigenvalue weighted by Gasteiger charge is -2.22. The van der Waals surface area contributed by atoms with Gasteiger partial charge in [0.25, 0.3) is 0 Å². The zero-order valence-electron chi connectivity index (χ0n) is 10.6. The Morgan fingerprint density at radius 1 is 1.50 bits per heavy atom. The molecule has 0 heterocycles. The first-order valence-corrected chi connectivity index (χ1v) is 6.09. The molecular formula is C12H23NO3. The third-order valence-corrected chi connectivity index (χ3v) is 2.93. The van der Waals surface area contributed by atoms with Crippen LogP contribution in [-0.2, 0) is 14.3 Å². The maximum Gasteiger partial charge on any atom is 0.323 e. The van der Waals surface area contributed by atoms with E-state index < -0.39 is 0 Å². The van der Waals surface area contributed by atoms with Gasteiger partial charge in [0, 0.05) is 13.2 Å². The van der Waals surface area contributed by atoms with E-state index >= 15 is 0 Å². The number of ether oxygens (including phenoxy) is 2. The van der Waals surface area contributed by atoms with Crippen LogP contribution in [-0.4, -0.2) is 50.3 Å². The zero-order chi connectivity index (χ0) is 12.0. The van der Waals surface area contributed by atoms with Crippen molar-refractivity contribution in [2.75, 3.05) is 33.4 Å². The molecule has 0 radical (unpaired) electrons. The Kier molecular flexibility index (Phi) is 5.77. The van der Waals surface area contributed by atoms with Crippen molar-refractivity contribution in [3.63, 3.8) is 0 Å². The van der Waals surface area contributed by atoms with Crippen molar-refractivity contribution < 1.29 is 14.3 Å². The standard InChI is InChI=1S/C12H23NO3/c1-4-16-12(14)10(2)13(3)7-8-15-9-11-5-6-11/h10-11H,4-9H2,1-3H3. The van der Waals surface area contributed by atoms with Crippen LogP contribution in [0.5, 0.6) is 0 Å². The van der Waals surface area contributed by atoms with Crippen molar-refractivity contribution in [2.24, 2.45) is 5.92 Å². The summed E-state index contributed by atoms with van der Waals surface area (Å²) in [4.78, 5) is 13.4. The number of hydrogen-bond donors (Lipinski definition) is 0. The lowest BCUT2D eigenvalue weighted by molar-refractivity contribution is -0.148. The number of likely N-dealkylation sites (N-methyl/N-ethyl adjacent to an activating group) is 1. The van der Waals surface area contributed by atoms with Crippen LogP contribution in [0.2, 0.25) is 0 Å². The Balaban J connectivity index is 2.06. The fourth-order valence-corrected chi connectivity index (χ4v) is 1.38. The number of esters is 1. The highest BCUT2D eigenvalue weighted by atomic mass is 16.5. The van der Waals surface area contributed by atoms with Crippen LogP contribution >= 0.6 is 0 Å². The molecule has 94 valence electrons. The van der Waals surface area contributed by atoms with Crippen molar-refractivity contribution in [1.29, 1.82) is 0 Å². The van der Waals surface area contributed by atoms with Gasteiger partial charge in [0.05, 0.1) is 13.2 Å². The molecule has 4 heteroatoms. The van der Waals surface area contributed by atoms with E-state index in [-0.39, 0.29) is 12.0 Å². The number of carbonyl (C=O) groups is 1. The lowest BCUT2D eigenvalue weighted by Crippen LogP contribution is -2.39. The van der Waals surface area contributed by atoms with Crippen LogP contribution in [0.3, 0.4) is 0 Å². The summed E-state index contributed by atoms with van der Waals surface area (Å²) in [7, 11) is 1.92. The first-order chi connectivity index (χ1) is 7.65. The molecule has 1 aliphatic rings. The summed E-state index contributed by atoms with van der Waals surface area (Å²) in [6.07, 6.45) is 2.63. The summed E-state index contributed by atoms with van der Waals surface area (Å²) in [5.74, 6) is 0.639. The molecule has 4 nitrogen and oxygen atoms in total. The van der Waals surface area contributed by atoms with Gasteiger partial charge < -0.3 is 9.47 Å². The van der Waals surface area contributed by atoms with Crippen molar-refractivity contribution in [1.82, 2.24) is 4.90 Å². The molecule has 0 aromatic rings. The first kappa shape index (κ1) is 13.5. The largest absolute Gasteiger partial charge is 0.465 e. The van der Waals surface area contributed by atoms with Gasteiger partial charge in [0.15, 0.2) is 0 Å². The molecule has 1 aliphatic carbocycles. The molecule has 1 rings (SSSR count). The average Bonchev–Trinajstić information content (AvgIpc) is 3.07. The molecular weight excluding hydrogens is 206 g/mol. The average molecular weight is 229 g/mol. The van der Waals surface area contributed by atoms with E-state index in [2.05, 4.69) is 0 Å². The van der Waals surface area contributed by atoms with Gasteiger partial charge >= 0.3 is 5.97 Å². The Bertz CT molecular complexity index is 216. The first-order valence-electron chi connectivity index (χ1n) is 6.09. The summed E-state index contributed by atoms with van der Waals surface area (Å²) in [6, 6.07) is -0.190. The van der Waals surface area contributed by atoms with Gasteiger partial charge in [-0.05, 0) is 39.7 Å². The minimum Gasteiger partial charge on any atom is -0.465 e. The van der Waals surface area contributed by atoms with Crippen LogP contribution in [0, 0.1) is 5.92 Å². The topological polar surface area (TPSA) is 38.8 Å². The Morgan fingerprint density at radius 3 is 2.75 bits per heavy atom. The number of rotatable bonds is 8. The normalized spacial score (nSPS) is 17.5. The van der Waals surface area contributed by atoms with E-state index in [4.69, 9.17) is 9.47 Å². The van der Waals surface area contributed by atoms with Crippen LogP contribution in [0.4, 0.5) is 0 Å². The second kappa shape index (κ2) is 6.86. The molecule has 0 aliphatic heterocycles. The summed E-state index contributed by atoms with van der Waals surface area (Å²) in [5, 5.41) is 0. The number of carbonyl (C=O) groups excluding carboxylic acids is 1. The van der Waals surface area contributed by atoms with Gasteiger partial charge in [-0.25, -0.2) is 0 Å². The highest BCUT2D eigenvalue weighted by Gasteiger charge is 2.22. The third-order valence-electron chi connectivity index (χ3n) is 2.93. The van der Waals surface area contributed by atoms with E-state index in [1.807, 2.05) is 25.8 Å². The maximum atomic E-state index is 11.4. The van der Waals surface area contributed by atoms with Crippen LogP contribution < -0.4 is 0 Å². The Labute approximate surface area is 97.9 Å². The fourth-order valence-electron chi connectivity index (χ4n) is 1.38. The molecule has 1 saturated carbocycles. The molecule has 0 spiro atoms. The summed E-state index contributed by atoms with van der Waals surface area (Å²) < 4.78 is 10.5. The molecule has 0 N–H and O–H groups in total. The van der Waals surface area contributed by atoms with Crippen molar-refractivity contribution in [3.05, 3.63) is 0 Å². The van der Waals surface area contributed by atoms with Gasteiger partial charge in [0.1, 0.15) is 6.04 Å². The summed E-state index contributed by atoms with van der Waals surface area (Å²) in [6.45, 7) is 6.46. The highest BCUT2D eigenvalue weighted by Crippen LogP contribution is 2.28. The Hall–Kier alpha value is -0.610. The molecule has 0 bridgehead atoms. The molecule has 0 saturated heterocycles. The zero-order valence-corrected chi connectivity index (χ0v) is 10.6. The molecule has 0 amide bonds. The smallest absolute Gasteiger partial charge is 0.323 e. The van der Waals surface area contributed by atoms with E-state index in [0.717, 1.165) is 19.1 Å². The van der Waals surface area contributed by atoms with Crippen LogP contribution in [0.1, 0.15) is 26.7 Å². The minimum absolute atomic E-state index is 0.160. The second-order valence-electron chi connectivity index (χ2n) is 4.43. The molecule has 0 aromatic heterocycles. The lowest BCUT2D eigenvalue weighted by atomic mass is 10.3. The van der Waals surface area contributed by atoms with Crippen LogP contribution in [0.15, 0.2) is 0 Å². The van der Waals surface area contributed by atoms with Gasteiger partial charge in [-0.1, -0.05) is 0 Å². The maximum absolute atomic E-state index is 11.4. The van der Waals surface area contributed by atoms with E-state index in [0.29, 0.717) is 13.2 Å². The van der Waals surface area contributed by atoms with Crippen molar-refractivity contribution in [2.45, 2.75) is 32.7 Å². The monoisotopic (exact) mass is 229 g/mol. The van der Waals surface area contributed by atoms with Gasteiger partial charge in [-0.2, -0.15) is 0 Å². The van der Waals surface area contributed by atoms with Crippen molar-refractivity contribution >= 4 is 5.97 Å². The molecule has 16 heavy (non-hydrogen) atoms.